The van der Waals surface area contributed by atoms with E-state index < -0.39 is 10.1 Å². The molecule has 13 heavy (non-hydrogen) atoms. The Bertz CT molecular complexity index is 367. The van der Waals surface area contributed by atoms with Gasteiger partial charge in [0.2, 0.25) is 0 Å². The third kappa shape index (κ3) is 3.63. The fourth-order valence-electron chi connectivity index (χ4n) is 0.723. The van der Waals surface area contributed by atoms with Crippen LogP contribution in [0.4, 0.5) is 5.69 Å². The first-order chi connectivity index (χ1) is 5.54. The number of hydrogen-bond acceptors (Lipinski definition) is 4. The first-order valence-electron chi connectivity index (χ1n) is 3.08. The summed E-state index contributed by atoms with van der Waals surface area (Å²) in [5.41, 5.74) is 2.90. The molecule has 1 aromatic rings. The number of nitrogen functional groups attached to an aromatic ring is 1. The maximum Gasteiger partial charge on any atom is 1.00 e. The summed E-state index contributed by atoms with van der Waals surface area (Å²) in [7, 11) is -4.10. The molecule has 0 aromatic heterocycles. The third-order valence-corrected chi connectivity index (χ3v) is 2.19. The van der Waals surface area contributed by atoms with Crippen molar-refractivity contribution in [3.05, 3.63) is 24.3 Å². The van der Waals surface area contributed by atoms with Crippen molar-refractivity contribution in [1.82, 2.24) is 0 Å². The van der Waals surface area contributed by atoms with Gasteiger partial charge in [0.25, 0.3) is 10.1 Å². The van der Waals surface area contributed by atoms with E-state index in [1.54, 1.807) is 0 Å². The van der Waals surface area contributed by atoms with Crippen LogP contribution in [0.5, 0.6) is 0 Å². The number of nitrogens with one attached hydrogen (secondary N) is 1. The normalized spacial score (nSPS) is 10.3. The van der Waals surface area contributed by atoms with Gasteiger partial charge in [-0.25, -0.2) is 0 Å². The largest absolute Gasteiger partial charge is 1.00 e. The van der Waals surface area contributed by atoms with E-state index in [-0.39, 0.29) is 35.9 Å². The Morgan fingerprint density at radius 1 is 1.31 bits per heavy atom. The summed E-state index contributed by atoms with van der Waals surface area (Å²) in [5.74, 6) is 5.05. The van der Waals surface area contributed by atoms with Crippen LogP contribution in [0.25, 0.3) is 0 Å². The molecule has 7 heteroatoms. The minimum absolute atomic E-state index is 0. The zero-order chi connectivity index (χ0) is 9.19. The summed E-state index contributed by atoms with van der Waals surface area (Å²) in [6.07, 6.45) is 0. The summed E-state index contributed by atoms with van der Waals surface area (Å²) in [6.45, 7) is 0. The smallest absolute Gasteiger partial charge is 1.00 e. The van der Waals surface area contributed by atoms with Gasteiger partial charge in [0, 0.05) is 5.69 Å². The molecule has 0 atom stereocenters. The first-order valence-corrected chi connectivity index (χ1v) is 4.52. The second kappa shape index (κ2) is 4.94. The molecule has 0 radical (unpaired) electrons. The fraction of sp³-hybridized carbons (Fsp3) is 0. The van der Waals surface area contributed by atoms with Gasteiger partial charge in [-0.15, -0.1) is 0 Å². The maximum absolute atomic E-state index is 10.5. The molecule has 1 rings (SSSR count). The van der Waals surface area contributed by atoms with Crippen LogP contribution in [-0.4, -0.2) is 13.0 Å². The van der Waals surface area contributed by atoms with E-state index >= 15 is 0 Å². The van der Waals surface area contributed by atoms with Crippen molar-refractivity contribution in [2.45, 2.75) is 4.90 Å². The number of anilines is 1. The van der Waals surface area contributed by atoms with Gasteiger partial charge in [0.05, 0.1) is 4.90 Å². The van der Waals surface area contributed by atoms with Crippen molar-refractivity contribution in [2.24, 2.45) is 5.84 Å². The quantitative estimate of drug-likeness (QED) is 0.215. The molecule has 0 saturated carbocycles. The Morgan fingerprint density at radius 3 is 2.08 bits per heavy atom. The van der Waals surface area contributed by atoms with Crippen LogP contribution in [-0.2, 0) is 10.1 Å². The molecule has 0 spiro atoms. The minimum atomic E-state index is -4.10. The molecule has 0 aliphatic carbocycles. The SMILES string of the molecule is NNc1ccc(S(=O)(=O)O)cc1.[H-].[Na+]. The van der Waals surface area contributed by atoms with Gasteiger partial charge >= 0.3 is 29.6 Å². The van der Waals surface area contributed by atoms with Gasteiger partial charge < -0.3 is 6.85 Å². The Kier molecular flexibility index (Phi) is 4.90. The summed E-state index contributed by atoms with van der Waals surface area (Å²) < 4.78 is 29.6. The standard InChI is InChI=1S/C6H8N2O3S.Na.H/c7-8-5-1-3-6(4-2-5)12(9,10)11;;/h1-4,8H,7H2,(H,9,10,11);;/q;+1;-1. The topological polar surface area (TPSA) is 92.4 Å². The Labute approximate surface area is 99.8 Å². The minimum Gasteiger partial charge on any atom is -1.00 e. The van der Waals surface area contributed by atoms with E-state index in [4.69, 9.17) is 10.4 Å². The molecule has 0 unspecified atom stereocenters. The Balaban J connectivity index is 0. The van der Waals surface area contributed by atoms with Crippen molar-refractivity contribution in [3.63, 3.8) is 0 Å². The number of hydrogen-bond donors (Lipinski definition) is 3. The number of rotatable bonds is 2. The van der Waals surface area contributed by atoms with E-state index in [1.807, 2.05) is 0 Å². The van der Waals surface area contributed by atoms with E-state index in [2.05, 4.69) is 5.43 Å². The van der Waals surface area contributed by atoms with Crippen LogP contribution in [0.1, 0.15) is 1.43 Å². The predicted octanol–water partition coefficient (Wildman–Crippen LogP) is -2.66. The van der Waals surface area contributed by atoms with Crippen molar-refractivity contribution in [1.29, 1.82) is 0 Å². The van der Waals surface area contributed by atoms with Crippen molar-refractivity contribution < 1.29 is 44.0 Å². The molecule has 5 nitrogen and oxygen atoms in total. The molecule has 4 N–H and O–H groups in total. The van der Waals surface area contributed by atoms with Crippen LogP contribution >= 0.6 is 0 Å². The summed E-state index contributed by atoms with van der Waals surface area (Å²) in [5, 5.41) is 0. The monoisotopic (exact) mass is 212 g/mol. The molecule has 0 fully saturated rings. The van der Waals surface area contributed by atoms with Gasteiger partial charge in [-0.2, -0.15) is 8.42 Å². The Hall–Kier alpha value is -0.110. The van der Waals surface area contributed by atoms with E-state index in [9.17, 15) is 8.42 Å². The van der Waals surface area contributed by atoms with Crippen LogP contribution in [0.3, 0.4) is 0 Å². The van der Waals surface area contributed by atoms with Crippen molar-refractivity contribution in [2.75, 3.05) is 5.43 Å². The molecule has 0 aliphatic heterocycles. The molecule has 1 aromatic carbocycles. The van der Waals surface area contributed by atoms with Gasteiger partial charge in [-0.3, -0.25) is 10.4 Å². The summed E-state index contributed by atoms with van der Waals surface area (Å²) in [4.78, 5) is -0.151. The molecule has 0 amide bonds. The predicted molar refractivity (Wildman–Crippen MR) is 45.2 cm³/mol. The average Bonchev–Trinajstić information content (AvgIpc) is 2.03. The third-order valence-electron chi connectivity index (χ3n) is 1.32. The molecule has 68 valence electrons. The first kappa shape index (κ1) is 12.9. The zero-order valence-corrected chi connectivity index (χ0v) is 9.88. The van der Waals surface area contributed by atoms with Crippen molar-refractivity contribution in [3.8, 4) is 0 Å². The average molecular weight is 212 g/mol. The van der Waals surface area contributed by atoms with Gasteiger partial charge in [-0.05, 0) is 24.3 Å². The molecule has 0 heterocycles. The van der Waals surface area contributed by atoms with E-state index in [1.165, 1.54) is 24.3 Å². The van der Waals surface area contributed by atoms with E-state index in [0.717, 1.165) is 0 Å². The second-order valence-electron chi connectivity index (χ2n) is 2.14. The molecule has 0 aliphatic rings. The zero-order valence-electron chi connectivity index (χ0n) is 8.06. The van der Waals surface area contributed by atoms with Crippen LogP contribution in [0, 0.1) is 0 Å². The van der Waals surface area contributed by atoms with Crippen LogP contribution in [0.15, 0.2) is 29.2 Å². The number of hydrazine groups is 1. The maximum atomic E-state index is 10.5. The van der Waals surface area contributed by atoms with Gasteiger partial charge in [0.15, 0.2) is 0 Å². The Morgan fingerprint density at radius 2 is 1.77 bits per heavy atom. The number of nitrogens with two attached hydrogens (primary N) is 1. The molecular formula is C6H9N2NaO3S. The number of benzene rings is 1. The van der Waals surface area contributed by atoms with Gasteiger partial charge in [0.1, 0.15) is 0 Å². The summed E-state index contributed by atoms with van der Waals surface area (Å²) in [6, 6.07) is 5.40. The summed E-state index contributed by atoms with van der Waals surface area (Å²) >= 11 is 0. The van der Waals surface area contributed by atoms with Crippen molar-refractivity contribution >= 4 is 15.8 Å². The molecule has 0 bridgehead atoms. The van der Waals surface area contributed by atoms with Gasteiger partial charge in [-0.1, -0.05) is 0 Å². The second-order valence-corrected chi connectivity index (χ2v) is 3.57. The molecular weight excluding hydrogens is 203 g/mol. The fourth-order valence-corrected chi connectivity index (χ4v) is 1.20. The van der Waals surface area contributed by atoms with Crippen LogP contribution < -0.4 is 40.8 Å². The van der Waals surface area contributed by atoms with E-state index in [0.29, 0.717) is 5.69 Å². The molecule has 0 saturated heterocycles. The van der Waals surface area contributed by atoms with Crippen LogP contribution in [0.2, 0.25) is 0 Å².